The van der Waals surface area contributed by atoms with Crippen LogP contribution < -0.4 is 10.1 Å². The summed E-state index contributed by atoms with van der Waals surface area (Å²) in [4.78, 5) is 35.8. The molecule has 0 saturated heterocycles. The van der Waals surface area contributed by atoms with E-state index in [1.807, 2.05) is 24.3 Å². The Balaban J connectivity index is 2.54. The standard InChI is InChI=1S/C18H26N2O5/c1-13(18(23)24)20(12-11-19-14(2)21)17(22)6-4-5-15-7-9-16(25-3)10-8-15/h7-10,13H,4-6,11-12H2,1-3H3,(H,19,21)(H,23,24). The van der Waals surface area contributed by atoms with E-state index in [0.717, 1.165) is 17.7 Å². The SMILES string of the molecule is COc1ccc(CCCC(=O)N(CCNC(C)=O)C(C)C(=O)O)cc1. The first-order valence-corrected chi connectivity index (χ1v) is 8.24. The molecular formula is C18H26N2O5. The van der Waals surface area contributed by atoms with E-state index in [1.165, 1.54) is 18.7 Å². The van der Waals surface area contributed by atoms with E-state index in [0.29, 0.717) is 6.42 Å². The molecule has 1 aromatic carbocycles. The van der Waals surface area contributed by atoms with E-state index < -0.39 is 12.0 Å². The molecule has 7 nitrogen and oxygen atoms in total. The number of amides is 2. The predicted octanol–water partition coefficient (Wildman–Crippen LogP) is 1.46. The van der Waals surface area contributed by atoms with Gasteiger partial charge in [-0.2, -0.15) is 0 Å². The molecule has 0 aliphatic heterocycles. The normalized spacial score (nSPS) is 11.5. The van der Waals surface area contributed by atoms with Crippen molar-refractivity contribution in [3.63, 3.8) is 0 Å². The fourth-order valence-electron chi connectivity index (χ4n) is 2.40. The zero-order valence-electron chi connectivity index (χ0n) is 14.9. The minimum Gasteiger partial charge on any atom is -0.497 e. The molecule has 138 valence electrons. The Labute approximate surface area is 148 Å². The summed E-state index contributed by atoms with van der Waals surface area (Å²) >= 11 is 0. The Morgan fingerprint density at radius 1 is 1.24 bits per heavy atom. The fourth-order valence-corrected chi connectivity index (χ4v) is 2.40. The number of ether oxygens (including phenoxy) is 1. The van der Waals surface area contributed by atoms with Gasteiger partial charge in [-0.25, -0.2) is 4.79 Å². The van der Waals surface area contributed by atoms with Crippen molar-refractivity contribution < 1.29 is 24.2 Å². The summed E-state index contributed by atoms with van der Waals surface area (Å²) in [6.07, 6.45) is 1.59. The largest absolute Gasteiger partial charge is 0.497 e. The van der Waals surface area contributed by atoms with Gasteiger partial charge in [-0.1, -0.05) is 12.1 Å². The Morgan fingerprint density at radius 2 is 1.88 bits per heavy atom. The molecule has 0 fully saturated rings. The molecule has 2 amide bonds. The lowest BCUT2D eigenvalue weighted by atomic mass is 10.1. The van der Waals surface area contributed by atoms with Crippen molar-refractivity contribution in [1.82, 2.24) is 10.2 Å². The van der Waals surface area contributed by atoms with Crippen molar-refractivity contribution in [2.24, 2.45) is 0 Å². The molecule has 0 aliphatic carbocycles. The molecule has 0 spiro atoms. The number of hydrogen-bond acceptors (Lipinski definition) is 4. The van der Waals surface area contributed by atoms with Crippen LogP contribution in [0.25, 0.3) is 0 Å². The number of hydrogen-bond donors (Lipinski definition) is 2. The number of carboxylic acids is 1. The highest BCUT2D eigenvalue weighted by Crippen LogP contribution is 2.14. The molecule has 0 radical (unpaired) electrons. The number of carboxylic acid groups (broad SMARTS) is 1. The molecule has 0 bridgehead atoms. The van der Waals surface area contributed by atoms with E-state index in [-0.39, 0.29) is 31.3 Å². The van der Waals surface area contributed by atoms with Crippen LogP contribution in [-0.2, 0) is 20.8 Å². The number of aryl methyl sites for hydroxylation is 1. The lowest BCUT2D eigenvalue weighted by Gasteiger charge is -2.26. The van der Waals surface area contributed by atoms with Gasteiger partial charge in [0.15, 0.2) is 0 Å². The second-order valence-corrected chi connectivity index (χ2v) is 5.79. The topological polar surface area (TPSA) is 95.9 Å². The lowest BCUT2D eigenvalue weighted by Crippen LogP contribution is -2.46. The Morgan fingerprint density at radius 3 is 2.40 bits per heavy atom. The van der Waals surface area contributed by atoms with Crippen molar-refractivity contribution in [2.45, 2.75) is 39.2 Å². The number of carbonyl (C=O) groups is 3. The van der Waals surface area contributed by atoms with Crippen LogP contribution in [0.2, 0.25) is 0 Å². The van der Waals surface area contributed by atoms with Gasteiger partial charge >= 0.3 is 5.97 Å². The van der Waals surface area contributed by atoms with Gasteiger partial charge in [-0.3, -0.25) is 9.59 Å². The van der Waals surface area contributed by atoms with E-state index in [1.54, 1.807) is 7.11 Å². The molecule has 1 aromatic rings. The van der Waals surface area contributed by atoms with Gasteiger partial charge in [0.2, 0.25) is 11.8 Å². The van der Waals surface area contributed by atoms with Gasteiger partial charge in [0.25, 0.3) is 0 Å². The molecule has 0 saturated carbocycles. The average Bonchev–Trinajstić information content (AvgIpc) is 2.58. The molecule has 25 heavy (non-hydrogen) atoms. The third-order valence-electron chi connectivity index (χ3n) is 3.89. The van der Waals surface area contributed by atoms with Crippen LogP contribution in [0.1, 0.15) is 32.3 Å². The van der Waals surface area contributed by atoms with Gasteiger partial charge in [0.1, 0.15) is 11.8 Å². The van der Waals surface area contributed by atoms with E-state index >= 15 is 0 Å². The second kappa shape index (κ2) is 10.3. The maximum atomic E-state index is 12.4. The van der Waals surface area contributed by atoms with Crippen molar-refractivity contribution in [1.29, 1.82) is 0 Å². The molecule has 1 atom stereocenters. The van der Waals surface area contributed by atoms with Crippen molar-refractivity contribution >= 4 is 17.8 Å². The van der Waals surface area contributed by atoms with Crippen molar-refractivity contribution in [3.05, 3.63) is 29.8 Å². The number of methoxy groups -OCH3 is 1. The number of carbonyl (C=O) groups excluding carboxylic acids is 2. The van der Waals surface area contributed by atoms with Gasteiger partial charge in [-0.05, 0) is 37.5 Å². The maximum Gasteiger partial charge on any atom is 0.326 e. The lowest BCUT2D eigenvalue weighted by molar-refractivity contribution is -0.149. The van der Waals surface area contributed by atoms with Crippen LogP contribution in [-0.4, -0.2) is 54.0 Å². The first-order valence-electron chi connectivity index (χ1n) is 8.24. The van der Waals surface area contributed by atoms with Crippen LogP contribution >= 0.6 is 0 Å². The van der Waals surface area contributed by atoms with Crippen molar-refractivity contribution in [3.8, 4) is 5.75 Å². The Kier molecular flexibility index (Phi) is 8.46. The maximum absolute atomic E-state index is 12.4. The minimum atomic E-state index is -1.06. The van der Waals surface area contributed by atoms with E-state index in [2.05, 4.69) is 5.32 Å². The fraction of sp³-hybridized carbons (Fsp3) is 0.500. The zero-order chi connectivity index (χ0) is 18.8. The molecule has 0 heterocycles. The number of benzene rings is 1. The third kappa shape index (κ3) is 7.24. The smallest absolute Gasteiger partial charge is 0.326 e. The first kappa shape index (κ1) is 20.5. The summed E-state index contributed by atoms with van der Waals surface area (Å²) in [6.45, 7) is 3.25. The minimum absolute atomic E-state index is 0.175. The summed E-state index contributed by atoms with van der Waals surface area (Å²) in [5.41, 5.74) is 1.09. The highest BCUT2D eigenvalue weighted by atomic mass is 16.5. The van der Waals surface area contributed by atoms with E-state index in [9.17, 15) is 14.4 Å². The monoisotopic (exact) mass is 350 g/mol. The first-order chi connectivity index (χ1) is 11.8. The summed E-state index contributed by atoms with van der Waals surface area (Å²) in [5.74, 6) is -0.728. The molecule has 7 heteroatoms. The second-order valence-electron chi connectivity index (χ2n) is 5.79. The highest BCUT2D eigenvalue weighted by molar-refractivity contribution is 5.83. The number of rotatable bonds is 10. The molecular weight excluding hydrogens is 324 g/mol. The average molecular weight is 350 g/mol. The van der Waals surface area contributed by atoms with Gasteiger partial charge < -0.3 is 20.1 Å². The Bertz CT molecular complexity index is 586. The zero-order valence-corrected chi connectivity index (χ0v) is 14.9. The van der Waals surface area contributed by atoms with Crippen LogP contribution in [0.4, 0.5) is 0 Å². The van der Waals surface area contributed by atoms with Crippen LogP contribution in [0.15, 0.2) is 24.3 Å². The molecule has 1 unspecified atom stereocenters. The van der Waals surface area contributed by atoms with Gasteiger partial charge in [0, 0.05) is 26.4 Å². The number of nitrogens with zero attached hydrogens (tertiary/aromatic N) is 1. The highest BCUT2D eigenvalue weighted by Gasteiger charge is 2.24. The molecule has 2 N–H and O–H groups in total. The Hall–Kier alpha value is -2.57. The van der Waals surface area contributed by atoms with Crippen LogP contribution in [0.5, 0.6) is 5.75 Å². The predicted molar refractivity (Wildman–Crippen MR) is 93.4 cm³/mol. The quantitative estimate of drug-likeness (QED) is 0.666. The van der Waals surface area contributed by atoms with Crippen molar-refractivity contribution in [2.75, 3.05) is 20.2 Å². The summed E-state index contributed by atoms with van der Waals surface area (Å²) < 4.78 is 5.10. The molecule has 1 rings (SSSR count). The van der Waals surface area contributed by atoms with Gasteiger partial charge in [-0.15, -0.1) is 0 Å². The number of aliphatic carboxylic acids is 1. The summed E-state index contributed by atoms with van der Waals surface area (Å²) in [5, 5.41) is 11.7. The number of nitrogens with one attached hydrogen (secondary N) is 1. The van der Waals surface area contributed by atoms with Crippen LogP contribution in [0.3, 0.4) is 0 Å². The van der Waals surface area contributed by atoms with Crippen LogP contribution in [0, 0.1) is 0 Å². The molecule has 0 aromatic heterocycles. The summed E-state index contributed by atoms with van der Waals surface area (Å²) in [7, 11) is 1.60. The van der Waals surface area contributed by atoms with E-state index in [4.69, 9.17) is 9.84 Å². The summed E-state index contributed by atoms with van der Waals surface area (Å²) in [6, 6.07) is 6.68. The third-order valence-corrected chi connectivity index (χ3v) is 3.89. The molecule has 0 aliphatic rings. The van der Waals surface area contributed by atoms with Gasteiger partial charge in [0.05, 0.1) is 7.11 Å².